The van der Waals surface area contributed by atoms with E-state index in [0.717, 1.165) is 11.1 Å². The topological polar surface area (TPSA) is 118 Å². The fourth-order valence-electron chi connectivity index (χ4n) is 8.20. The molecule has 0 aliphatic carbocycles. The van der Waals surface area contributed by atoms with E-state index in [1.54, 1.807) is 36.0 Å². The molecule has 4 aliphatic rings. The number of carbonyl (C=O) groups excluding carboxylic acids is 4. The van der Waals surface area contributed by atoms with E-state index in [9.17, 15) is 9.59 Å². The molecule has 0 unspecified atom stereocenters. The molecule has 0 aromatic heterocycles. The van der Waals surface area contributed by atoms with Crippen molar-refractivity contribution in [2.24, 2.45) is 11.8 Å². The summed E-state index contributed by atoms with van der Waals surface area (Å²) in [7, 11) is 3.37. The van der Waals surface area contributed by atoms with E-state index in [-0.39, 0.29) is 38.5 Å². The van der Waals surface area contributed by atoms with Crippen molar-refractivity contribution in [3.8, 4) is 23.0 Å². The number of hydrogen-bond acceptors (Lipinski definition) is 8. The van der Waals surface area contributed by atoms with Gasteiger partial charge in [-0.3, -0.25) is 19.4 Å². The van der Waals surface area contributed by atoms with Gasteiger partial charge in [-0.2, -0.15) is 0 Å². The molecule has 54 heavy (non-hydrogen) atoms. The summed E-state index contributed by atoms with van der Waals surface area (Å²) >= 11 is 0. The summed E-state index contributed by atoms with van der Waals surface area (Å²) in [4.78, 5) is 65.1. The molecule has 12 heteroatoms. The molecule has 0 bridgehead atoms. The van der Waals surface area contributed by atoms with Crippen LogP contribution in [0.3, 0.4) is 0 Å². The summed E-state index contributed by atoms with van der Waals surface area (Å²) in [6, 6.07) is 26.9. The van der Waals surface area contributed by atoms with Crippen LogP contribution in [0.1, 0.15) is 48.2 Å². The summed E-state index contributed by atoms with van der Waals surface area (Å²) in [5, 5.41) is 0. The average Bonchev–Trinajstić information content (AvgIpc) is 3.96. The van der Waals surface area contributed by atoms with Gasteiger partial charge >= 0.3 is 12.1 Å². The molecule has 6 atom stereocenters. The van der Waals surface area contributed by atoms with Crippen LogP contribution in [0.2, 0.25) is 0 Å². The van der Waals surface area contributed by atoms with Crippen molar-refractivity contribution in [2.45, 2.75) is 50.9 Å². The Labute approximate surface area is 313 Å². The first-order valence-electron chi connectivity index (χ1n) is 18.2. The number of imide groups is 2. The van der Waals surface area contributed by atoms with Gasteiger partial charge in [-0.1, -0.05) is 72.8 Å². The van der Waals surface area contributed by atoms with Crippen molar-refractivity contribution >= 4 is 23.9 Å². The lowest BCUT2D eigenvalue weighted by molar-refractivity contribution is -0.144. The summed E-state index contributed by atoms with van der Waals surface area (Å²) in [6.45, 7) is 3.97. The highest BCUT2D eigenvalue weighted by Gasteiger charge is 2.53. The summed E-state index contributed by atoms with van der Waals surface area (Å²) in [5.41, 5.74) is 3.02. The Morgan fingerprint density at radius 1 is 0.574 bits per heavy atom. The molecular weight excluding hydrogens is 688 g/mol. The Bertz CT molecular complexity index is 1950. The first-order valence-corrected chi connectivity index (χ1v) is 18.2. The number of hydrogen-bond donors (Lipinski definition) is 0. The van der Waals surface area contributed by atoms with E-state index < -0.39 is 47.8 Å². The predicted octanol–water partition coefficient (Wildman–Crippen LogP) is 6.21. The van der Waals surface area contributed by atoms with E-state index >= 15 is 9.59 Å². The SMILES string of the molecule is C[C@H]1[C@@H](c2ccccc2)N(C(=O)[C@@H](Cc2ccc3c(c2)OCO3)[C@H](Cc2ccc3c(c2)OCO3)C(=O)N2C(=O)N(C)[C@@H](C)[C@H]2c2ccccc2)C(=O)N1C. The van der Waals surface area contributed by atoms with Crippen LogP contribution in [0, 0.1) is 11.8 Å². The summed E-state index contributed by atoms with van der Waals surface area (Å²) < 4.78 is 22.5. The monoisotopic (exact) mass is 730 g/mol. The number of fused-ring (bicyclic) bond motifs is 2. The second-order valence-electron chi connectivity index (χ2n) is 14.4. The molecule has 2 saturated heterocycles. The maximum atomic E-state index is 15.5. The minimum Gasteiger partial charge on any atom is -0.454 e. The standard InChI is InChI=1S/C42H42N4O8/c1-25-37(29-11-7-5-8-12-29)45(41(49)43(25)3)39(47)31(19-27-15-17-33-35(21-27)53-23-51-33)32(20-28-16-18-34-36(22-28)54-24-52-34)40(48)46-38(26(2)44(4)42(46)50)30-13-9-6-10-14-30/h5-18,21-22,25-26,31-32,37-38H,19-20,23-24H2,1-4H3/t25-,26-,31-,32-,37-,38-/m0/s1. The van der Waals surface area contributed by atoms with E-state index in [4.69, 9.17) is 18.9 Å². The van der Waals surface area contributed by atoms with Gasteiger partial charge in [-0.05, 0) is 73.2 Å². The Kier molecular flexibility index (Phi) is 9.12. The Hall–Kier alpha value is -6.04. The minimum absolute atomic E-state index is 0.0707. The van der Waals surface area contributed by atoms with Gasteiger partial charge < -0.3 is 28.7 Å². The molecule has 0 N–H and O–H groups in total. The highest BCUT2D eigenvalue weighted by atomic mass is 16.7. The number of carbonyl (C=O) groups is 4. The molecule has 4 heterocycles. The third-order valence-electron chi connectivity index (χ3n) is 11.4. The third-order valence-corrected chi connectivity index (χ3v) is 11.4. The maximum absolute atomic E-state index is 15.5. The maximum Gasteiger partial charge on any atom is 0.327 e. The Morgan fingerprint density at radius 3 is 1.33 bits per heavy atom. The fourth-order valence-corrected chi connectivity index (χ4v) is 8.20. The molecule has 6 amide bonds. The second-order valence-corrected chi connectivity index (χ2v) is 14.4. The largest absolute Gasteiger partial charge is 0.454 e. The van der Waals surface area contributed by atoms with E-state index in [1.807, 2.05) is 98.8 Å². The molecule has 2 fully saturated rings. The van der Waals surface area contributed by atoms with Crippen LogP contribution in [-0.4, -0.2) is 83.2 Å². The highest BCUT2D eigenvalue weighted by Crippen LogP contribution is 2.43. The zero-order valence-corrected chi connectivity index (χ0v) is 30.6. The highest BCUT2D eigenvalue weighted by molar-refractivity contribution is 6.03. The number of nitrogens with zero attached hydrogens (tertiary/aromatic N) is 4. The van der Waals surface area contributed by atoms with E-state index in [1.165, 1.54) is 9.80 Å². The minimum atomic E-state index is -1.09. The summed E-state index contributed by atoms with van der Waals surface area (Å²) in [5.74, 6) is -0.995. The smallest absolute Gasteiger partial charge is 0.327 e. The van der Waals surface area contributed by atoms with Crippen molar-refractivity contribution in [1.29, 1.82) is 0 Å². The van der Waals surface area contributed by atoms with Gasteiger partial charge in [0, 0.05) is 14.1 Å². The molecule has 4 aromatic rings. The van der Waals surface area contributed by atoms with Crippen LogP contribution in [0.25, 0.3) is 0 Å². The number of rotatable bonds is 9. The fraction of sp³-hybridized carbons (Fsp3) is 0.333. The molecule has 278 valence electrons. The van der Waals surface area contributed by atoms with Crippen LogP contribution < -0.4 is 18.9 Å². The summed E-state index contributed by atoms with van der Waals surface area (Å²) in [6.07, 6.45) is 0.145. The van der Waals surface area contributed by atoms with Crippen LogP contribution in [0.4, 0.5) is 9.59 Å². The molecule has 0 saturated carbocycles. The molecule has 0 radical (unpaired) electrons. The van der Waals surface area contributed by atoms with Gasteiger partial charge in [0.15, 0.2) is 23.0 Å². The average molecular weight is 731 g/mol. The van der Waals surface area contributed by atoms with Gasteiger partial charge in [0.05, 0.1) is 36.0 Å². The molecule has 12 nitrogen and oxygen atoms in total. The van der Waals surface area contributed by atoms with E-state index in [0.29, 0.717) is 34.1 Å². The Morgan fingerprint density at radius 2 is 0.944 bits per heavy atom. The molecular formula is C42H42N4O8. The first-order chi connectivity index (χ1) is 26.1. The van der Waals surface area contributed by atoms with Crippen molar-refractivity contribution in [3.05, 3.63) is 119 Å². The molecule has 0 spiro atoms. The van der Waals surface area contributed by atoms with Crippen LogP contribution in [0.15, 0.2) is 97.1 Å². The zero-order chi connectivity index (χ0) is 37.7. The number of ether oxygens (including phenoxy) is 4. The quantitative estimate of drug-likeness (QED) is 0.200. The lowest BCUT2D eigenvalue weighted by Gasteiger charge is -2.34. The molecule has 8 rings (SSSR count). The zero-order valence-electron chi connectivity index (χ0n) is 30.6. The molecule has 4 aromatic carbocycles. The molecule has 4 aliphatic heterocycles. The van der Waals surface area contributed by atoms with Gasteiger partial charge in [-0.15, -0.1) is 0 Å². The van der Waals surface area contributed by atoms with E-state index in [2.05, 4.69) is 0 Å². The third kappa shape index (κ3) is 6.05. The van der Waals surface area contributed by atoms with Gasteiger partial charge in [0.25, 0.3) is 0 Å². The number of likely N-dealkylation sites (N-methyl/N-ethyl adjacent to an activating group) is 2. The van der Waals surface area contributed by atoms with Gasteiger partial charge in [-0.25, -0.2) is 9.59 Å². The number of amides is 6. The van der Waals surface area contributed by atoms with Crippen molar-refractivity contribution in [1.82, 2.24) is 19.6 Å². The number of benzene rings is 4. The lowest BCUT2D eigenvalue weighted by atomic mass is 9.79. The normalized spacial score (nSPS) is 22.6. The predicted molar refractivity (Wildman–Crippen MR) is 197 cm³/mol. The number of urea groups is 2. The first kappa shape index (κ1) is 35.0. The van der Waals surface area contributed by atoms with Crippen LogP contribution in [0.5, 0.6) is 23.0 Å². The second kappa shape index (κ2) is 14.1. The van der Waals surface area contributed by atoms with Crippen LogP contribution >= 0.6 is 0 Å². The lowest BCUT2D eigenvalue weighted by Crippen LogP contribution is -2.49. The van der Waals surface area contributed by atoms with Gasteiger partial charge in [0.1, 0.15) is 0 Å². The van der Waals surface area contributed by atoms with Crippen LogP contribution in [-0.2, 0) is 22.4 Å². The van der Waals surface area contributed by atoms with Gasteiger partial charge in [0.2, 0.25) is 25.4 Å². The Balaban J connectivity index is 1.27. The van der Waals surface area contributed by atoms with Crippen molar-refractivity contribution in [3.63, 3.8) is 0 Å². The van der Waals surface area contributed by atoms with Crippen molar-refractivity contribution in [2.75, 3.05) is 27.7 Å². The van der Waals surface area contributed by atoms with Crippen molar-refractivity contribution < 1.29 is 38.1 Å².